The van der Waals surface area contributed by atoms with Crippen LogP contribution in [-0.4, -0.2) is 33.4 Å². The molecule has 2 aliphatic rings. The number of amides is 1. The maximum absolute atomic E-state index is 14.7. The Kier molecular flexibility index (Phi) is 11.3. The van der Waals surface area contributed by atoms with Gasteiger partial charge in [0.1, 0.15) is 12.1 Å². The van der Waals surface area contributed by atoms with Crippen LogP contribution in [0.3, 0.4) is 0 Å². The minimum absolute atomic E-state index is 0.0250. The van der Waals surface area contributed by atoms with Gasteiger partial charge in [-0.05, 0) is 65.5 Å². The Bertz CT molecular complexity index is 1690. The average molecular weight is 696 g/mol. The minimum Gasteiger partial charge on any atom is -0.461 e. The van der Waals surface area contributed by atoms with Crippen molar-refractivity contribution in [3.8, 4) is 0 Å². The van der Waals surface area contributed by atoms with E-state index in [9.17, 15) is 14.4 Å². The second-order valence-corrected chi connectivity index (χ2v) is 14.2. The maximum Gasteiger partial charge on any atom is 0.312 e. The standard InChI is InChI=1S/C37H44Cl2N4O5/c1-5-21(3)26(18-33(45)47-20-23-10-8-7-9-11-23)34(46)41-37(32(44)17-27(22(4)6-2)35-42-43-36(40)48-35)13-12-24-14-29-28(30(24)19-37)15-25(38)16-31(29)39/h7-11,15-16,21-22,26-27H,5-6,12-14,17-20H2,1-4H3,(H2,40,43)(H,41,46)/t21?,22?,26-,27-,37+/m0/s1. The van der Waals surface area contributed by atoms with E-state index in [1.165, 1.54) is 5.57 Å². The van der Waals surface area contributed by atoms with Crippen LogP contribution < -0.4 is 11.1 Å². The third-order valence-electron chi connectivity index (χ3n) is 10.3. The summed E-state index contributed by atoms with van der Waals surface area (Å²) >= 11 is 13.1. The topological polar surface area (TPSA) is 137 Å². The van der Waals surface area contributed by atoms with Crippen LogP contribution in [-0.2, 0) is 32.1 Å². The molecule has 256 valence electrons. The SMILES string of the molecule is CCC(C)[C@H](CC(=O)OCc1ccccc1)C(=O)N[C@]1(C(=O)C[C@H](c2nnc(N)o2)C(C)CC)CCC2=C(C1)c1cc(Cl)cc(Cl)c1C2. The summed E-state index contributed by atoms with van der Waals surface area (Å²) in [6.45, 7) is 8.11. The van der Waals surface area contributed by atoms with Gasteiger partial charge in [0.15, 0.2) is 5.78 Å². The predicted octanol–water partition coefficient (Wildman–Crippen LogP) is 7.89. The number of hydrogen-bond donors (Lipinski definition) is 2. The van der Waals surface area contributed by atoms with Crippen LogP contribution in [0.1, 0.15) is 101 Å². The molecule has 0 saturated heterocycles. The van der Waals surface area contributed by atoms with E-state index in [0.29, 0.717) is 41.6 Å². The molecule has 2 aliphatic carbocycles. The molecule has 9 nitrogen and oxygen atoms in total. The zero-order chi connectivity index (χ0) is 34.6. The zero-order valence-corrected chi connectivity index (χ0v) is 29.5. The summed E-state index contributed by atoms with van der Waals surface area (Å²) in [6.07, 6.45) is 3.35. The van der Waals surface area contributed by atoms with Crippen LogP contribution >= 0.6 is 23.2 Å². The van der Waals surface area contributed by atoms with Gasteiger partial charge in [-0.3, -0.25) is 14.4 Å². The first kappa shape index (κ1) is 35.6. The predicted molar refractivity (Wildman–Crippen MR) is 186 cm³/mol. The molecule has 0 fully saturated rings. The van der Waals surface area contributed by atoms with Gasteiger partial charge in [-0.15, -0.1) is 5.10 Å². The van der Waals surface area contributed by atoms with E-state index < -0.39 is 23.3 Å². The molecule has 1 amide bonds. The van der Waals surface area contributed by atoms with E-state index >= 15 is 0 Å². The Morgan fingerprint density at radius 1 is 1.04 bits per heavy atom. The van der Waals surface area contributed by atoms with Crippen molar-refractivity contribution in [3.63, 3.8) is 0 Å². The summed E-state index contributed by atoms with van der Waals surface area (Å²) in [5.74, 6) is -1.85. The summed E-state index contributed by atoms with van der Waals surface area (Å²) in [5.41, 5.74) is 9.47. The molecular formula is C37H44Cl2N4O5. The molecule has 0 aliphatic heterocycles. The van der Waals surface area contributed by atoms with Crippen molar-refractivity contribution in [2.24, 2.45) is 17.8 Å². The van der Waals surface area contributed by atoms with Gasteiger partial charge in [0.05, 0.1) is 12.3 Å². The first-order valence-electron chi connectivity index (χ1n) is 16.8. The highest BCUT2D eigenvalue weighted by Crippen LogP contribution is 2.49. The number of aromatic nitrogens is 2. The normalized spacial score (nSPS) is 19.5. The average Bonchev–Trinajstić information content (AvgIpc) is 3.67. The number of anilines is 1. The number of rotatable bonds is 14. The van der Waals surface area contributed by atoms with E-state index in [0.717, 1.165) is 28.7 Å². The van der Waals surface area contributed by atoms with Gasteiger partial charge in [0, 0.05) is 28.8 Å². The van der Waals surface area contributed by atoms with Gasteiger partial charge in [0.2, 0.25) is 11.8 Å². The maximum atomic E-state index is 14.7. The molecule has 0 saturated carbocycles. The van der Waals surface area contributed by atoms with Gasteiger partial charge >= 0.3 is 12.0 Å². The van der Waals surface area contributed by atoms with Crippen molar-refractivity contribution in [1.82, 2.24) is 15.5 Å². The molecule has 0 bridgehead atoms. The molecule has 3 N–H and O–H groups in total. The van der Waals surface area contributed by atoms with Gasteiger partial charge in [-0.2, -0.15) is 0 Å². The molecule has 2 aromatic carbocycles. The van der Waals surface area contributed by atoms with Crippen molar-refractivity contribution in [2.45, 2.75) is 97.1 Å². The fraction of sp³-hybridized carbons (Fsp3) is 0.486. The third-order valence-corrected chi connectivity index (χ3v) is 10.9. The largest absolute Gasteiger partial charge is 0.461 e. The fourth-order valence-electron chi connectivity index (χ4n) is 6.94. The number of nitrogens with two attached hydrogens (primary N) is 1. The van der Waals surface area contributed by atoms with Crippen LogP contribution in [0.25, 0.3) is 5.57 Å². The number of fused-ring (bicyclic) bond motifs is 2. The van der Waals surface area contributed by atoms with E-state index in [4.69, 9.17) is 38.1 Å². The number of esters is 1. The van der Waals surface area contributed by atoms with Crippen molar-refractivity contribution in [1.29, 1.82) is 0 Å². The molecule has 1 heterocycles. The highest BCUT2D eigenvalue weighted by molar-refractivity contribution is 6.35. The third kappa shape index (κ3) is 7.78. The van der Waals surface area contributed by atoms with E-state index in [1.807, 2.05) is 64.1 Å². The van der Waals surface area contributed by atoms with Crippen LogP contribution in [0.15, 0.2) is 52.5 Å². The number of ketones is 1. The van der Waals surface area contributed by atoms with Crippen molar-refractivity contribution in [2.75, 3.05) is 5.73 Å². The lowest BCUT2D eigenvalue weighted by Gasteiger charge is -2.40. The van der Waals surface area contributed by atoms with Crippen LogP contribution in [0.5, 0.6) is 0 Å². The first-order chi connectivity index (χ1) is 22.9. The number of halogens is 2. The Hall–Kier alpha value is -3.69. The quantitative estimate of drug-likeness (QED) is 0.163. The first-order valence-corrected chi connectivity index (χ1v) is 17.5. The van der Waals surface area contributed by atoms with Crippen molar-refractivity contribution < 1.29 is 23.5 Å². The Morgan fingerprint density at radius 3 is 2.44 bits per heavy atom. The summed E-state index contributed by atoms with van der Waals surface area (Å²) in [4.78, 5) is 42.2. The minimum atomic E-state index is -1.25. The van der Waals surface area contributed by atoms with Crippen LogP contribution in [0, 0.1) is 17.8 Å². The van der Waals surface area contributed by atoms with Gasteiger partial charge in [-0.25, -0.2) is 0 Å². The summed E-state index contributed by atoms with van der Waals surface area (Å²) in [7, 11) is 0. The zero-order valence-electron chi connectivity index (χ0n) is 28.0. The lowest BCUT2D eigenvalue weighted by molar-refractivity contribution is -0.149. The number of nitrogens with zero attached hydrogens (tertiary/aromatic N) is 2. The number of ether oxygens (including phenoxy) is 1. The second kappa shape index (κ2) is 15.2. The molecule has 5 atom stereocenters. The lowest BCUT2D eigenvalue weighted by atomic mass is 9.71. The molecule has 2 unspecified atom stereocenters. The summed E-state index contributed by atoms with van der Waals surface area (Å²) < 4.78 is 11.2. The highest BCUT2D eigenvalue weighted by atomic mass is 35.5. The molecule has 0 spiro atoms. The molecule has 0 radical (unpaired) electrons. The molecule has 5 rings (SSSR count). The fourth-order valence-corrected chi connectivity index (χ4v) is 7.50. The lowest BCUT2D eigenvalue weighted by Crippen LogP contribution is -2.58. The molecule has 3 aromatic rings. The number of carbonyl (C=O) groups is 3. The number of allylic oxidation sites excluding steroid dienone is 1. The van der Waals surface area contributed by atoms with Crippen LogP contribution in [0.4, 0.5) is 6.01 Å². The van der Waals surface area contributed by atoms with Gasteiger partial charge in [-0.1, -0.05) is 105 Å². The highest BCUT2D eigenvalue weighted by Gasteiger charge is 2.47. The Morgan fingerprint density at radius 2 is 1.77 bits per heavy atom. The number of hydrogen-bond acceptors (Lipinski definition) is 8. The Labute approximate surface area is 292 Å². The molecule has 1 aromatic heterocycles. The molecule has 11 heteroatoms. The summed E-state index contributed by atoms with van der Waals surface area (Å²) in [6, 6.07) is 13.0. The van der Waals surface area contributed by atoms with E-state index in [1.54, 1.807) is 6.07 Å². The number of nitrogens with one attached hydrogen (secondary N) is 1. The van der Waals surface area contributed by atoms with E-state index in [-0.39, 0.29) is 55.4 Å². The molecular weight excluding hydrogens is 651 g/mol. The van der Waals surface area contributed by atoms with Crippen LogP contribution in [0.2, 0.25) is 10.0 Å². The van der Waals surface area contributed by atoms with Crippen molar-refractivity contribution >= 4 is 52.4 Å². The number of nitrogen functional groups attached to an aromatic ring is 1. The van der Waals surface area contributed by atoms with E-state index in [2.05, 4.69) is 15.5 Å². The number of carbonyl (C=O) groups excluding carboxylic acids is 3. The van der Waals surface area contributed by atoms with Gasteiger partial charge in [0.25, 0.3) is 0 Å². The van der Waals surface area contributed by atoms with Crippen molar-refractivity contribution in [3.05, 3.63) is 80.7 Å². The number of Topliss-reactive ketones (excluding diaryl/α,β-unsaturated/α-hetero) is 1. The second-order valence-electron chi connectivity index (χ2n) is 13.4. The number of benzene rings is 2. The smallest absolute Gasteiger partial charge is 0.312 e. The molecule has 48 heavy (non-hydrogen) atoms. The summed E-state index contributed by atoms with van der Waals surface area (Å²) in [5, 5.41) is 12.3. The Balaban J connectivity index is 1.45. The monoisotopic (exact) mass is 694 g/mol. The van der Waals surface area contributed by atoms with Gasteiger partial charge < -0.3 is 20.2 Å².